The standard InChI is InChI=1S/C29H40N2O8S/c1-19(2)15-31(40(36,37)23-10-8-21(17-32)9-11-23)16-26(33)25(12-20-6-4-3-5-7-20)30-29(35)39-22-13-24-27(34)18-38-28(24)14-22/h3-11,19,22,24-28,32-34H,12-18H2,1-2H3,(H,30,35)/t22-,24-,25+,26?,27-,28-/m1/s1. The largest absolute Gasteiger partial charge is 0.446 e. The fourth-order valence-corrected chi connectivity index (χ4v) is 7.06. The van der Waals surface area contributed by atoms with E-state index >= 15 is 0 Å². The Balaban J connectivity index is 1.49. The van der Waals surface area contributed by atoms with Gasteiger partial charge in [0, 0.05) is 25.4 Å². The van der Waals surface area contributed by atoms with E-state index in [-0.39, 0.29) is 49.0 Å². The maximum atomic E-state index is 13.6. The van der Waals surface area contributed by atoms with Crippen molar-refractivity contribution in [2.45, 2.75) is 75.1 Å². The third kappa shape index (κ3) is 7.59. The summed E-state index contributed by atoms with van der Waals surface area (Å²) < 4.78 is 39.6. The van der Waals surface area contributed by atoms with E-state index in [1.165, 1.54) is 16.4 Å². The molecule has 1 heterocycles. The summed E-state index contributed by atoms with van der Waals surface area (Å²) in [6.07, 6.45) is -1.82. The number of rotatable bonds is 12. The van der Waals surface area contributed by atoms with Crippen molar-refractivity contribution in [1.82, 2.24) is 9.62 Å². The molecule has 4 rings (SSSR count). The van der Waals surface area contributed by atoms with E-state index in [4.69, 9.17) is 9.47 Å². The average Bonchev–Trinajstić information content (AvgIpc) is 3.48. The summed E-state index contributed by atoms with van der Waals surface area (Å²) in [5.41, 5.74) is 1.45. The zero-order valence-corrected chi connectivity index (χ0v) is 23.7. The Hall–Kier alpha value is -2.54. The van der Waals surface area contributed by atoms with Crippen LogP contribution in [0, 0.1) is 11.8 Å². The average molecular weight is 577 g/mol. The third-order valence-corrected chi connectivity index (χ3v) is 9.37. The summed E-state index contributed by atoms with van der Waals surface area (Å²) in [7, 11) is -3.97. The molecule has 1 saturated heterocycles. The van der Waals surface area contributed by atoms with Crippen molar-refractivity contribution in [1.29, 1.82) is 0 Å². The van der Waals surface area contributed by atoms with E-state index in [0.29, 0.717) is 25.0 Å². The minimum absolute atomic E-state index is 0.0245. The second kappa shape index (κ2) is 13.4. The molecule has 6 atom stereocenters. The van der Waals surface area contributed by atoms with Crippen LogP contribution in [0.1, 0.15) is 37.8 Å². The third-order valence-electron chi connectivity index (χ3n) is 7.53. The molecular formula is C29H40N2O8S. The van der Waals surface area contributed by atoms with Crippen LogP contribution in [0.3, 0.4) is 0 Å². The van der Waals surface area contributed by atoms with Crippen LogP contribution < -0.4 is 5.32 Å². The Morgan fingerprint density at radius 2 is 1.77 bits per heavy atom. The molecule has 4 N–H and O–H groups in total. The fraction of sp³-hybridized carbons (Fsp3) is 0.552. The SMILES string of the molecule is CC(C)CN(CC(O)[C@H](Cc1ccccc1)NC(=O)O[C@@H]1C[C@@H]2[C@H](O)CO[C@@H]2C1)S(=O)(=O)c1ccc(CO)cc1. The van der Waals surface area contributed by atoms with Gasteiger partial charge in [0.1, 0.15) is 6.10 Å². The Bertz CT molecular complexity index is 1210. The lowest BCUT2D eigenvalue weighted by atomic mass is 10.0. The molecule has 1 aliphatic heterocycles. The normalized spacial score (nSPS) is 24.2. The Morgan fingerprint density at radius 3 is 2.40 bits per heavy atom. The van der Waals surface area contributed by atoms with Crippen LogP contribution in [-0.4, -0.2) is 84.3 Å². The van der Waals surface area contributed by atoms with Crippen LogP contribution in [0.5, 0.6) is 0 Å². The molecule has 0 bridgehead atoms. The monoisotopic (exact) mass is 576 g/mol. The number of ether oxygens (including phenoxy) is 2. The Labute approximate surface area is 236 Å². The lowest BCUT2D eigenvalue weighted by Crippen LogP contribution is -2.51. The number of fused-ring (bicyclic) bond motifs is 1. The summed E-state index contributed by atoms with van der Waals surface area (Å²) in [5.74, 6) is -0.0895. The number of aliphatic hydroxyl groups is 3. The summed E-state index contributed by atoms with van der Waals surface area (Å²) in [5, 5.41) is 33.5. The first kappa shape index (κ1) is 30.4. The number of nitrogens with one attached hydrogen (secondary N) is 1. The highest BCUT2D eigenvalue weighted by atomic mass is 32.2. The molecule has 40 heavy (non-hydrogen) atoms. The van der Waals surface area contributed by atoms with E-state index in [2.05, 4.69) is 5.32 Å². The number of alkyl carbamates (subject to hydrolysis) is 1. The molecule has 11 heteroatoms. The van der Waals surface area contributed by atoms with E-state index < -0.39 is 40.5 Å². The maximum absolute atomic E-state index is 13.6. The zero-order chi connectivity index (χ0) is 28.9. The molecule has 220 valence electrons. The molecule has 0 spiro atoms. The lowest BCUT2D eigenvalue weighted by molar-refractivity contribution is 0.0426. The minimum atomic E-state index is -3.97. The van der Waals surface area contributed by atoms with Gasteiger partial charge in [-0.25, -0.2) is 13.2 Å². The van der Waals surface area contributed by atoms with Gasteiger partial charge in [0.15, 0.2) is 0 Å². The summed E-state index contributed by atoms with van der Waals surface area (Å²) in [4.78, 5) is 13.0. The topological polar surface area (TPSA) is 146 Å². The van der Waals surface area contributed by atoms with Gasteiger partial charge in [-0.2, -0.15) is 4.31 Å². The van der Waals surface area contributed by atoms with E-state index in [0.717, 1.165) is 5.56 Å². The smallest absolute Gasteiger partial charge is 0.407 e. The lowest BCUT2D eigenvalue weighted by Gasteiger charge is -2.31. The molecule has 1 aliphatic carbocycles. The van der Waals surface area contributed by atoms with Crippen molar-refractivity contribution < 1.29 is 38.0 Å². The quantitative estimate of drug-likeness (QED) is 0.301. The molecule has 0 aromatic heterocycles. The highest BCUT2D eigenvalue weighted by Gasteiger charge is 2.45. The van der Waals surface area contributed by atoms with Crippen molar-refractivity contribution in [2.24, 2.45) is 11.8 Å². The molecule has 1 unspecified atom stereocenters. The van der Waals surface area contributed by atoms with Crippen LogP contribution in [0.2, 0.25) is 0 Å². The molecular weight excluding hydrogens is 536 g/mol. The molecule has 0 radical (unpaired) electrons. The summed E-state index contributed by atoms with van der Waals surface area (Å²) in [6.45, 7) is 3.79. The fourth-order valence-electron chi connectivity index (χ4n) is 5.44. The first-order valence-corrected chi connectivity index (χ1v) is 15.2. The molecule has 2 fully saturated rings. The first-order valence-electron chi connectivity index (χ1n) is 13.8. The van der Waals surface area contributed by atoms with Crippen LogP contribution in [0.15, 0.2) is 59.5 Å². The highest BCUT2D eigenvalue weighted by molar-refractivity contribution is 7.89. The number of aliphatic hydroxyl groups excluding tert-OH is 3. The number of benzene rings is 2. The van der Waals surface area contributed by atoms with Gasteiger partial charge in [-0.3, -0.25) is 0 Å². The number of amides is 1. The van der Waals surface area contributed by atoms with Crippen molar-refractivity contribution in [3.05, 3.63) is 65.7 Å². The van der Waals surface area contributed by atoms with Gasteiger partial charge >= 0.3 is 6.09 Å². The van der Waals surface area contributed by atoms with Crippen molar-refractivity contribution in [3.8, 4) is 0 Å². The minimum Gasteiger partial charge on any atom is -0.446 e. The predicted molar refractivity (Wildman–Crippen MR) is 148 cm³/mol. The van der Waals surface area contributed by atoms with E-state index in [1.54, 1.807) is 12.1 Å². The van der Waals surface area contributed by atoms with Gasteiger partial charge in [-0.1, -0.05) is 56.3 Å². The number of carbonyl (C=O) groups excluding carboxylic acids is 1. The maximum Gasteiger partial charge on any atom is 0.407 e. The van der Waals surface area contributed by atoms with E-state index in [1.807, 2.05) is 44.2 Å². The number of carbonyl (C=O) groups is 1. The Morgan fingerprint density at radius 1 is 1.07 bits per heavy atom. The number of hydrogen-bond acceptors (Lipinski definition) is 8. The van der Waals surface area contributed by atoms with Gasteiger partial charge < -0.3 is 30.1 Å². The number of sulfonamides is 1. The molecule has 1 amide bonds. The van der Waals surface area contributed by atoms with Gasteiger partial charge in [0.05, 0.1) is 42.5 Å². The van der Waals surface area contributed by atoms with Gasteiger partial charge in [0.2, 0.25) is 10.0 Å². The summed E-state index contributed by atoms with van der Waals surface area (Å²) in [6, 6.07) is 14.5. The van der Waals surface area contributed by atoms with Crippen molar-refractivity contribution in [2.75, 3.05) is 19.7 Å². The number of hydrogen-bond donors (Lipinski definition) is 4. The van der Waals surface area contributed by atoms with Gasteiger partial charge in [0.25, 0.3) is 0 Å². The second-order valence-electron chi connectivity index (χ2n) is 11.1. The molecule has 1 saturated carbocycles. The first-order chi connectivity index (χ1) is 19.1. The zero-order valence-electron chi connectivity index (χ0n) is 22.9. The second-order valence-corrected chi connectivity index (χ2v) is 13.1. The van der Waals surface area contributed by atoms with Crippen LogP contribution in [-0.2, 0) is 32.5 Å². The van der Waals surface area contributed by atoms with Gasteiger partial charge in [-0.15, -0.1) is 0 Å². The molecule has 2 aromatic carbocycles. The number of nitrogens with zero attached hydrogens (tertiary/aromatic N) is 1. The van der Waals surface area contributed by atoms with Gasteiger partial charge in [-0.05, 0) is 42.0 Å². The van der Waals surface area contributed by atoms with Crippen molar-refractivity contribution >= 4 is 16.1 Å². The summed E-state index contributed by atoms with van der Waals surface area (Å²) >= 11 is 0. The highest BCUT2D eigenvalue weighted by Crippen LogP contribution is 2.37. The van der Waals surface area contributed by atoms with Crippen LogP contribution >= 0.6 is 0 Å². The molecule has 10 nitrogen and oxygen atoms in total. The van der Waals surface area contributed by atoms with Crippen LogP contribution in [0.4, 0.5) is 4.79 Å². The van der Waals surface area contributed by atoms with Crippen molar-refractivity contribution in [3.63, 3.8) is 0 Å². The van der Waals surface area contributed by atoms with E-state index in [9.17, 15) is 28.5 Å². The molecule has 2 aromatic rings. The predicted octanol–water partition coefficient (Wildman–Crippen LogP) is 2.06. The molecule has 2 aliphatic rings. The van der Waals surface area contributed by atoms with Crippen LogP contribution in [0.25, 0.3) is 0 Å². The Kier molecular flexibility index (Phi) is 10.2.